The second-order valence-corrected chi connectivity index (χ2v) is 3.89. The molecular formula is C12H15N3O2. The fourth-order valence-corrected chi connectivity index (χ4v) is 1.73. The highest BCUT2D eigenvalue weighted by molar-refractivity contribution is 5.44. The van der Waals surface area contributed by atoms with Crippen molar-refractivity contribution in [2.24, 2.45) is 0 Å². The van der Waals surface area contributed by atoms with Gasteiger partial charge in [0, 0.05) is 24.5 Å². The summed E-state index contributed by atoms with van der Waals surface area (Å²) in [6, 6.07) is 4.57. The predicted octanol–water partition coefficient (Wildman–Crippen LogP) is 1.67. The molecule has 1 aromatic heterocycles. The Morgan fingerprint density at radius 3 is 2.65 bits per heavy atom. The number of hydrogen-bond acceptors (Lipinski definition) is 4. The van der Waals surface area contributed by atoms with Gasteiger partial charge in [0.2, 0.25) is 0 Å². The maximum atomic E-state index is 9.70. The first-order valence-corrected chi connectivity index (χ1v) is 5.40. The average molecular weight is 233 g/mol. The van der Waals surface area contributed by atoms with Gasteiger partial charge in [-0.2, -0.15) is 0 Å². The highest BCUT2D eigenvalue weighted by Gasteiger charge is 2.14. The molecule has 0 aliphatic carbocycles. The molecule has 0 amide bonds. The van der Waals surface area contributed by atoms with Crippen molar-refractivity contribution in [3.05, 3.63) is 42.0 Å². The summed E-state index contributed by atoms with van der Waals surface area (Å²) in [5, 5.41) is 22.6. The molecule has 0 radical (unpaired) electrons. The van der Waals surface area contributed by atoms with Crippen molar-refractivity contribution in [1.82, 2.24) is 15.3 Å². The van der Waals surface area contributed by atoms with Crippen molar-refractivity contribution in [2.45, 2.75) is 19.5 Å². The van der Waals surface area contributed by atoms with Gasteiger partial charge in [0.25, 0.3) is 0 Å². The summed E-state index contributed by atoms with van der Waals surface area (Å²) in [7, 11) is 0. The van der Waals surface area contributed by atoms with Gasteiger partial charge >= 0.3 is 0 Å². The van der Waals surface area contributed by atoms with Crippen molar-refractivity contribution >= 4 is 0 Å². The van der Waals surface area contributed by atoms with Crippen molar-refractivity contribution in [3.63, 3.8) is 0 Å². The number of hydrogen-bond donors (Lipinski definition) is 4. The second kappa shape index (κ2) is 4.88. The van der Waals surface area contributed by atoms with Crippen LogP contribution in [0.2, 0.25) is 0 Å². The van der Waals surface area contributed by atoms with Crippen LogP contribution in [0.1, 0.15) is 24.2 Å². The molecule has 90 valence electrons. The lowest BCUT2D eigenvalue weighted by molar-refractivity contribution is 0.418. The highest BCUT2D eigenvalue weighted by atomic mass is 16.3. The van der Waals surface area contributed by atoms with Gasteiger partial charge in [-0.25, -0.2) is 4.98 Å². The molecule has 1 aromatic carbocycles. The Morgan fingerprint density at radius 2 is 2.06 bits per heavy atom. The van der Waals surface area contributed by atoms with E-state index >= 15 is 0 Å². The van der Waals surface area contributed by atoms with Crippen molar-refractivity contribution in [2.75, 3.05) is 0 Å². The first-order chi connectivity index (χ1) is 8.18. The van der Waals surface area contributed by atoms with E-state index in [0.717, 1.165) is 5.69 Å². The molecular weight excluding hydrogens is 218 g/mol. The lowest BCUT2D eigenvalue weighted by Crippen LogP contribution is -2.18. The Balaban J connectivity index is 2.07. The zero-order valence-corrected chi connectivity index (χ0v) is 9.51. The topological polar surface area (TPSA) is 81.2 Å². The Hall–Kier alpha value is -2.01. The number of H-pyrrole nitrogens is 1. The minimum atomic E-state index is -0.153. The minimum absolute atomic E-state index is 0.0922. The van der Waals surface area contributed by atoms with Crippen LogP contribution in [-0.4, -0.2) is 20.2 Å². The summed E-state index contributed by atoms with van der Waals surface area (Å²) in [5.41, 5.74) is 1.46. The molecule has 5 nitrogen and oxygen atoms in total. The van der Waals surface area contributed by atoms with Gasteiger partial charge in [-0.15, -0.1) is 0 Å². The zero-order chi connectivity index (χ0) is 12.3. The van der Waals surface area contributed by atoms with E-state index in [4.69, 9.17) is 0 Å². The van der Waals surface area contributed by atoms with Gasteiger partial charge in [0.15, 0.2) is 0 Å². The number of rotatable bonds is 4. The normalized spacial score (nSPS) is 12.5. The molecule has 2 rings (SSSR count). The van der Waals surface area contributed by atoms with Crippen molar-refractivity contribution < 1.29 is 10.2 Å². The van der Waals surface area contributed by atoms with Crippen LogP contribution < -0.4 is 5.32 Å². The van der Waals surface area contributed by atoms with Crippen LogP contribution >= 0.6 is 0 Å². The Bertz CT molecular complexity index is 462. The van der Waals surface area contributed by atoms with E-state index in [1.165, 1.54) is 0 Å². The van der Waals surface area contributed by atoms with E-state index < -0.39 is 0 Å². The van der Waals surface area contributed by atoms with Gasteiger partial charge < -0.3 is 20.5 Å². The quantitative estimate of drug-likeness (QED) is 0.647. The fraction of sp³-hybridized carbons (Fsp3) is 0.250. The van der Waals surface area contributed by atoms with Crippen LogP contribution in [0.4, 0.5) is 0 Å². The molecule has 4 N–H and O–H groups in total. The van der Waals surface area contributed by atoms with E-state index in [1.54, 1.807) is 30.7 Å². The number of aromatic amines is 1. The van der Waals surface area contributed by atoms with E-state index in [1.807, 2.05) is 6.92 Å². The van der Waals surface area contributed by atoms with Crippen LogP contribution in [0.5, 0.6) is 11.5 Å². The number of aromatic hydroxyl groups is 2. The second-order valence-electron chi connectivity index (χ2n) is 3.89. The molecule has 0 aliphatic rings. The molecule has 0 fully saturated rings. The minimum Gasteiger partial charge on any atom is -0.507 e. The number of phenols is 2. The summed E-state index contributed by atoms with van der Waals surface area (Å²) in [4.78, 5) is 6.89. The molecule has 2 aromatic rings. The van der Waals surface area contributed by atoms with Gasteiger partial charge in [0.1, 0.15) is 11.5 Å². The van der Waals surface area contributed by atoms with Gasteiger partial charge in [-0.05, 0) is 19.1 Å². The lowest BCUT2D eigenvalue weighted by Gasteiger charge is -2.16. The van der Waals surface area contributed by atoms with Gasteiger partial charge in [-0.1, -0.05) is 6.07 Å². The molecule has 0 bridgehead atoms. The molecule has 5 heteroatoms. The smallest absolute Gasteiger partial charge is 0.124 e. The summed E-state index contributed by atoms with van der Waals surface area (Å²) >= 11 is 0. The van der Waals surface area contributed by atoms with Crippen LogP contribution in [0.25, 0.3) is 0 Å². The Kier molecular flexibility index (Phi) is 3.30. The van der Waals surface area contributed by atoms with E-state index in [2.05, 4.69) is 15.3 Å². The van der Waals surface area contributed by atoms with Crippen LogP contribution in [0.15, 0.2) is 30.7 Å². The monoisotopic (exact) mass is 233 g/mol. The standard InChI is InChI=1S/C12H15N3O2/c1-8(14-6-9-5-13-7-15-9)12-10(16)3-2-4-11(12)17/h2-5,7-8,14,16-17H,6H2,1H3,(H,13,15). The number of phenolic OH excluding ortho intramolecular Hbond substituents is 2. The Labute approximate surface area is 99.2 Å². The van der Waals surface area contributed by atoms with E-state index in [9.17, 15) is 10.2 Å². The molecule has 1 atom stereocenters. The SMILES string of the molecule is CC(NCc1cnc[nH]1)c1c(O)cccc1O. The molecule has 17 heavy (non-hydrogen) atoms. The fourth-order valence-electron chi connectivity index (χ4n) is 1.73. The summed E-state index contributed by atoms with van der Waals surface area (Å²) in [6.45, 7) is 2.47. The van der Waals surface area contributed by atoms with Gasteiger partial charge in [0.05, 0.1) is 11.9 Å². The largest absolute Gasteiger partial charge is 0.507 e. The maximum absolute atomic E-state index is 9.70. The first kappa shape index (κ1) is 11.5. The molecule has 0 saturated carbocycles. The molecule has 1 heterocycles. The lowest BCUT2D eigenvalue weighted by atomic mass is 10.1. The summed E-state index contributed by atoms with van der Waals surface area (Å²) in [5.74, 6) is 0.184. The van der Waals surface area contributed by atoms with Crippen molar-refractivity contribution in [3.8, 4) is 11.5 Å². The van der Waals surface area contributed by atoms with Crippen LogP contribution in [-0.2, 0) is 6.54 Å². The summed E-state index contributed by atoms with van der Waals surface area (Å²) in [6.07, 6.45) is 3.34. The predicted molar refractivity (Wildman–Crippen MR) is 63.6 cm³/mol. The van der Waals surface area contributed by atoms with Crippen LogP contribution in [0, 0.1) is 0 Å². The number of benzene rings is 1. The third kappa shape index (κ3) is 2.57. The zero-order valence-electron chi connectivity index (χ0n) is 9.51. The summed E-state index contributed by atoms with van der Waals surface area (Å²) < 4.78 is 0. The number of nitrogens with one attached hydrogen (secondary N) is 2. The number of imidazole rings is 1. The van der Waals surface area contributed by atoms with Crippen LogP contribution in [0.3, 0.4) is 0 Å². The molecule has 1 unspecified atom stereocenters. The molecule has 0 aliphatic heterocycles. The highest BCUT2D eigenvalue weighted by Crippen LogP contribution is 2.32. The van der Waals surface area contributed by atoms with E-state index in [0.29, 0.717) is 12.1 Å². The number of aromatic nitrogens is 2. The van der Waals surface area contributed by atoms with E-state index in [-0.39, 0.29) is 17.5 Å². The third-order valence-corrected chi connectivity index (χ3v) is 2.65. The first-order valence-electron chi connectivity index (χ1n) is 5.40. The third-order valence-electron chi connectivity index (χ3n) is 2.65. The van der Waals surface area contributed by atoms with Gasteiger partial charge in [-0.3, -0.25) is 0 Å². The molecule has 0 spiro atoms. The maximum Gasteiger partial charge on any atom is 0.124 e. The molecule has 0 saturated heterocycles. The number of nitrogens with zero attached hydrogens (tertiary/aromatic N) is 1. The Morgan fingerprint density at radius 1 is 1.35 bits per heavy atom. The average Bonchev–Trinajstić information content (AvgIpc) is 2.79. The van der Waals surface area contributed by atoms with Crippen molar-refractivity contribution in [1.29, 1.82) is 0 Å².